The maximum Gasteiger partial charge on any atom is 0.0155 e. The zero-order valence-corrected chi connectivity index (χ0v) is 33.2. The SMILES string of the molecule is CC(C)(C)c1cc(C(C)(C)C)c(C(C)(C)C)c(C(C)(C)c2c(C(C)(C)C)c(C(C)(C)C)cc(C(C)(C)C)c2C(C)(C)C)c1. The predicted molar refractivity (Wildman–Crippen MR) is 196 cm³/mol. The molecule has 43 heavy (non-hydrogen) atoms. The lowest BCUT2D eigenvalue weighted by atomic mass is 9.57. The molecule has 0 aliphatic heterocycles. The van der Waals surface area contributed by atoms with Crippen LogP contribution in [0.2, 0.25) is 0 Å². The van der Waals surface area contributed by atoms with Gasteiger partial charge in [0.05, 0.1) is 0 Å². The normalized spacial score (nSPS) is 14.9. The fourth-order valence-electron chi connectivity index (χ4n) is 7.15. The molecule has 0 nitrogen and oxygen atoms in total. The fraction of sp³-hybridized carbons (Fsp3) is 0.721. The standard InChI is InChI=1S/C43H72/c1-36(2,3)27-24-28(37(4,5)6)32(40(13,14)15)31(25-27)43(22,23)35-33(41(16,17)18)29(38(7,8)9)26-30(39(10,11)12)34(35)42(19,20)21/h24-26H,1-23H3. The lowest BCUT2D eigenvalue weighted by Gasteiger charge is -2.47. The zero-order valence-electron chi connectivity index (χ0n) is 33.2. The third kappa shape index (κ3) is 7.64. The summed E-state index contributed by atoms with van der Waals surface area (Å²) in [5, 5.41) is 0. The molecule has 0 saturated heterocycles. The molecular formula is C43H72. The number of rotatable bonds is 2. The quantitative estimate of drug-likeness (QED) is 0.327. The van der Waals surface area contributed by atoms with Gasteiger partial charge < -0.3 is 0 Å². The minimum Gasteiger partial charge on any atom is -0.0561 e. The summed E-state index contributed by atoms with van der Waals surface area (Å²) in [6.07, 6.45) is 0. The Bertz CT molecular complexity index is 1270. The van der Waals surface area contributed by atoms with Crippen LogP contribution in [-0.4, -0.2) is 0 Å². The smallest absolute Gasteiger partial charge is 0.0155 e. The van der Waals surface area contributed by atoms with E-state index in [4.69, 9.17) is 0 Å². The molecule has 0 radical (unpaired) electrons. The van der Waals surface area contributed by atoms with Gasteiger partial charge in [0, 0.05) is 5.41 Å². The van der Waals surface area contributed by atoms with Crippen molar-refractivity contribution in [3.8, 4) is 0 Å². The first-order valence-corrected chi connectivity index (χ1v) is 17.0. The van der Waals surface area contributed by atoms with Gasteiger partial charge >= 0.3 is 0 Å². The molecule has 2 aromatic carbocycles. The third-order valence-corrected chi connectivity index (χ3v) is 9.30. The summed E-state index contributed by atoms with van der Waals surface area (Å²) in [5.41, 5.74) is 13.4. The summed E-state index contributed by atoms with van der Waals surface area (Å²) >= 11 is 0. The van der Waals surface area contributed by atoms with E-state index < -0.39 is 0 Å². The second-order valence-corrected chi connectivity index (χ2v) is 21.4. The van der Waals surface area contributed by atoms with Crippen LogP contribution in [0.5, 0.6) is 0 Å². The van der Waals surface area contributed by atoms with Gasteiger partial charge in [-0.1, -0.05) is 177 Å². The molecule has 244 valence electrons. The van der Waals surface area contributed by atoms with Gasteiger partial charge in [0.15, 0.2) is 0 Å². The lowest BCUT2D eigenvalue weighted by Crippen LogP contribution is -2.38. The van der Waals surface area contributed by atoms with Crippen LogP contribution < -0.4 is 0 Å². The van der Waals surface area contributed by atoms with Crippen LogP contribution in [0.4, 0.5) is 0 Å². The molecule has 0 bridgehead atoms. The summed E-state index contributed by atoms with van der Waals surface area (Å²) in [6.45, 7) is 55.8. The van der Waals surface area contributed by atoms with Crippen LogP contribution in [-0.2, 0) is 43.3 Å². The minimum absolute atomic E-state index is 0.0100. The predicted octanol–water partition coefficient (Wildman–Crippen LogP) is 13.1. The van der Waals surface area contributed by atoms with Crippen molar-refractivity contribution in [3.05, 3.63) is 68.3 Å². The summed E-state index contributed by atoms with van der Waals surface area (Å²) in [6, 6.07) is 7.76. The summed E-state index contributed by atoms with van der Waals surface area (Å²) in [4.78, 5) is 0. The average molecular weight is 589 g/mol. The Morgan fingerprint density at radius 1 is 0.256 bits per heavy atom. The van der Waals surface area contributed by atoms with Gasteiger partial charge in [-0.15, -0.1) is 0 Å². The van der Waals surface area contributed by atoms with Crippen LogP contribution in [0, 0.1) is 0 Å². The van der Waals surface area contributed by atoms with Gasteiger partial charge in [-0.2, -0.15) is 0 Å². The lowest BCUT2D eigenvalue weighted by molar-refractivity contribution is 0.459. The van der Waals surface area contributed by atoms with Gasteiger partial charge in [-0.3, -0.25) is 0 Å². The molecule has 0 aromatic heterocycles. The second kappa shape index (κ2) is 10.8. The molecule has 0 heterocycles. The highest BCUT2D eigenvalue weighted by molar-refractivity contribution is 5.63. The molecule has 0 heteroatoms. The molecule has 0 atom stereocenters. The van der Waals surface area contributed by atoms with E-state index in [0.29, 0.717) is 0 Å². The van der Waals surface area contributed by atoms with E-state index in [9.17, 15) is 0 Å². The molecule has 0 amide bonds. The van der Waals surface area contributed by atoms with Crippen LogP contribution in [0.3, 0.4) is 0 Å². The molecule has 0 spiro atoms. The Balaban J connectivity index is 3.59. The van der Waals surface area contributed by atoms with E-state index in [0.717, 1.165) is 0 Å². The molecule has 2 aromatic rings. The fourth-order valence-corrected chi connectivity index (χ4v) is 7.15. The van der Waals surface area contributed by atoms with Crippen molar-refractivity contribution in [1.82, 2.24) is 0 Å². The molecule has 0 aliphatic rings. The van der Waals surface area contributed by atoms with Crippen molar-refractivity contribution in [3.63, 3.8) is 0 Å². The van der Waals surface area contributed by atoms with Crippen LogP contribution >= 0.6 is 0 Å². The van der Waals surface area contributed by atoms with E-state index >= 15 is 0 Å². The first-order chi connectivity index (χ1) is 18.5. The Kier molecular flexibility index (Phi) is 9.42. The van der Waals surface area contributed by atoms with Crippen LogP contribution in [0.15, 0.2) is 18.2 Å². The van der Waals surface area contributed by atoms with E-state index in [1.165, 1.54) is 33.4 Å². The summed E-state index contributed by atoms with van der Waals surface area (Å²) in [5.74, 6) is 0. The highest BCUT2D eigenvalue weighted by Crippen LogP contribution is 2.53. The number of hydrogen-bond donors (Lipinski definition) is 0. The van der Waals surface area contributed by atoms with Gasteiger partial charge in [-0.25, -0.2) is 0 Å². The first-order valence-electron chi connectivity index (χ1n) is 17.0. The summed E-state index contributed by atoms with van der Waals surface area (Å²) in [7, 11) is 0. The maximum absolute atomic E-state index is 2.61. The molecule has 0 aliphatic carbocycles. The number of hydrogen-bond acceptors (Lipinski definition) is 0. The van der Waals surface area contributed by atoms with Crippen molar-refractivity contribution in [2.45, 2.75) is 203 Å². The van der Waals surface area contributed by atoms with Crippen molar-refractivity contribution >= 4 is 0 Å². The second-order valence-electron chi connectivity index (χ2n) is 21.4. The monoisotopic (exact) mass is 589 g/mol. The van der Waals surface area contributed by atoms with Gasteiger partial charge in [0.2, 0.25) is 0 Å². The Morgan fingerprint density at radius 3 is 0.791 bits per heavy atom. The Labute approximate surface area is 270 Å². The van der Waals surface area contributed by atoms with Crippen molar-refractivity contribution < 1.29 is 0 Å². The van der Waals surface area contributed by atoms with Crippen LogP contribution in [0.25, 0.3) is 0 Å². The van der Waals surface area contributed by atoms with Crippen LogP contribution in [0.1, 0.15) is 209 Å². The molecule has 0 unspecified atom stereocenters. The molecule has 0 N–H and O–H groups in total. The van der Waals surface area contributed by atoms with Gasteiger partial charge in [0.25, 0.3) is 0 Å². The maximum atomic E-state index is 2.61. The number of benzene rings is 2. The van der Waals surface area contributed by atoms with Crippen molar-refractivity contribution in [2.24, 2.45) is 0 Å². The third-order valence-electron chi connectivity index (χ3n) is 9.30. The van der Waals surface area contributed by atoms with E-state index in [-0.39, 0.29) is 43.3 Å². The van der Waals surface area contributed by atoms with Gasteiger partial charge in [0.1, 0.15) is 0 Å². The van der Waals surface area contributed by atoms with E-state index in [2.05, 4.69) is 177 Å². The highest BCUT2D eigenvalue weighted by Gasteiger charge is 2.44. The Hall–Kier alpha value is -1.56. The minimum atomic E-state index is -0.240. The molecule has 2 rings (SSSR count). The zero-order chi connectivity index (χ0) is 34.3. The highest BCUT2D eigenvalue weighted by atomic mass is 14.5. The molecular weight excluding hydrogens is 516 g/mol. The summed E-state index contributed by atoms with van der Waals surface area (Å²) < 4.78 is 0. The average Bonchev–Trinajstić information content (AvgIpc) is 2.72. The van der Waals surface area contributed by atoms with Crippen molar-refractivity contribution in [1.29, 1.82) is 0 Å². The van der Waals surface area contributed by atoms with E-state index in [1.54, 1.807) is 16.7 Å². The molecule has 0 saturated carbocycles. The largest absolute Gasteiger partial charge is 0.0561 e. The first kappa shape index (κ1) is 37.6. The Morgan fingerprint density at radius 2 is 0.535 bits per heavy atom. The van der Waals surface area contributed by atoms with Gasteiger partial charge in [-0.05, 0) is 88.0 Å². The topological polar surface area (TPSA) is 0 Å². The van der Waals surface area contributed by atoms with E-state index in [1.807, 2.05) is 0 Å². The van der Waals surface area contributed by atoms with Crippen molar-refractivity contribution in [2.75, 3.05) is 0 Å². The molecule has 0 fully saturated rings.